The maximum Gasteiger partial charge on any atom is 0.319 e. The van der Waals surface area contributed by atoms with Gasteiger partial charge in [0.25, 0.3) is 5.91 Å². The number of terminal acetylenes is 1. The molecule has 16 heteroatoms. The lowest BCUT2D eigenvalue weighted by atomic mass is 9.84. The standard InChI is InChI=1S/C67H68FN9O6/c1-4-41-10-5-11-42-26-47(78)29-57(59(41)42)50-17-19-54-61(40(50)3)71-65(73-63(54)77-24-9-25-81-36-58(77)80)83-38-67-30-43(32-76(67)33-44(68)31-67)51-12-6-13-52-55(27-48(79)28-56(51)52)49-16-18-53-60(39(49)2)70-64(82-37-66-20-7-22-75(66)23-8-21-66)72-62(53)74-34-45-14-15-46(35-74)69-45/h1,5-6,10-13,16-19,26-29,43-46,69,78-79H,7-9,14-15,20-25,30-38H2,2-3H3/t43?,44-,45?,46?,67+/m1/s1. The van der Waals surface area contributed by atoms with Crippen molar-refractivity contribution in [3.63, 3.8) is 0 Å². The van der Waals surface area contributed by atoms with Crippen LogP contribution >= 0.6 is 0 Å². The Kier molecular flexibility index (Phi) is 12.7. The number of hydrogen-bond acceptors (Lipinski definition) is 14. The lowest BCUT2D eigenvalue weighted by Gasteiger charge is -2.35. The van der Waals surface area contributed by atoms with Gasteiger partial charge in [0.2, 0.25) is 0 Å². The Balaban J connectivity index is 0.772. The number of fused-ring (bicyclic) bond motifs is 8. The van der Waals surface area contributed by atoms with Crippen LogP contribution in [0.1, 0.15) is 86.0 Å². The van der Waals surface area contributed by atoms with E-state index in [1.807, 2.05) is 49.4 Å². The predicted molar refractivity (Wildman–Crippen MR) is 321 cm³/mol. The molecular weight excluding hydrogens is 1050 g/mol. The fourth-order valence-electron chi connectivity index (χ4n) is 15.9. The van der Waals surface area contributed by atoms with Gasteiger partial charge in [-0.1, -0.05) is 48.4 Å². The van der Waals surface area contributed by atoms with E-state index in [4.69, 9.17) is 40.6 Å². The number of amides is 1. The Bertz CT molecular complexity index is 4000. The molecule has 7 fully saturated rings. The molecule has 5 atom stereocenters. The first-order chi connectivity index (χ1) is 40.4. The van der Waals surface area contributed by atoms with Gasteiger partial charge >= 0.3 is 12.0 Å². The molecule has 424 valence electrons. The summed E-state index contributed by atoms with van der Waals surface area (Å²) >= 11 is 0. The molecular formula is C67H68FN9O6. The number of phenolic OH excluding ortho intramolecular Hbond substituents is 2. The Morgan fingerprint density at radius 2 is 1.37 bits per heavy atom. The molecule has 3 N–H and O–H groups in total. The zero-order valence-electron chi connectivity index (χ0n) is 47.1. The van der Waals surface area contributed by atoms with E-state index >= 15 is 4.39 Å². The van der Waals surface area contributed by atoms with Gasteiger partial charge in [-0.05, 0) is 182 Å². The van der Waals surface area contributed by atoms with Gasteiger partial charge in [0.1, 0.15) is 43.3 Å². The number of aryl methyl sites for hydroxylation is 2. The predicted octanol–water partition coefficient (Wildman–Crippen LogP) is 10.3. The summed E-state index contributed by atoms with van der Waals surface area (Å²) in [6, 6.07) is 28.8. The molecule has 2 bridgehead atoms. The number of aromatic nitrogens is 4. The van der Waals surface area contributed by atoms with Crippen molar-refractivity contribution in [3.05, 3.63) is 107 Å². The molecule has 0 aliphatic carbocycles. The molecule has 0 radical (unpaired) electrons. The monoisotopic (exact) mass is 1110 g/mol. The quantitative estimate of drug-likeness (QED) is 0.105. The van der Waals surface area contributed by atoms with Gasteiger partial charge in [-0.25, -0.2) is 4.39 Å². The van der Waals surface area contributed by atoms with Gasteiger partial charge in [0, 0.05) is 79.6 Å². The number of alkyl halides is 1. The third-order valence-corrected chi connectivity index (χ3v) is 19.8. The molecule has 15 rings (SSSR count). The molecule has 0 saturated carbocycles. The molecule has 7 saturated heterocycles. The zero-order chi connectivity index (χ0) is 56.3. The van der Waals surface area contributed by atoms with Crippen molar-refractivity contribution in [2.45, 2.75) is 107 Å². The molecule has 8 aromatic rings. The average Bonchev–Trinajstić information content (AvgIpc) is 3.53. The number of benzene rings is 6. The summed E-state index contributed by atoms with van der Waals surface area (Å²) in [6.07, 6.45) is 13.4. The number of nitrogens with one attached hydrogen (secondary N) is 1. The maximum atomic E-state index is 16.0. The number of aromatic hydroxyl groups is 2. The lowest BCUT2D eigenvalue weighted by molar-refractivity contribution is -0.122. The number of ether oxygens (including phenoxy) is 3. The number of carbonyl (C=O) groups excluding carboxylic acids is 1. The van der Waals surface area contributed by atoms with Crippen molar-refractivity contribution in [1.82, 2.24) is 35.1 Å². The van der Waals surface area contributed by atoms with E-state index in [9.17, 15) is 15.0 Å². The SMILES string of the molecule is C#Cc1cccc2cc(O)cc(-c3ccc4c(N5CCCOCC5=O)nc(OC[C@@]56CC(c7cccc8c(-c9ccc%10c(N%11CC%12CCC(C%11)N%12)nc(OCC%11%12CCCN%11CCC%12)nc%10c9C)cc(O)cc78)CN5C[C@H](F)C6)nc4c3C)c12. The minimum atomic E-state index is -1.06. The van der Waals surface area contributed by atoms with Crippen LogP contribution in [0, 0.1) is 26.2 Å². The third kappa shape index (κ3) is 8.87. The van der Waals surface area contributed by atoms with Crippen molar-refractivity contribution in [1.29, 1.82) is 0 Å². The normalized spacial score (nSPS) is 24.3. The number of halogens is 1. The van der Waals surface area contributed by atoms with E-state index in [0.717, 1.165) is 129 Å². The van der Waals surface area contributed by atoms with E-state index in [0.29, 0.717) is 79.5 Å². The molecule has 15 nitrogen and oxygen atoms in total. The topological polar surface area (TPSA) is 162 Å². The van der Waals surface area contributed by atoms with Gasteiger partial charge in [0.05, 0.1) is 22.1 Å². The first-order valence-electron chi connectivity index (χ1n) is 29.8. The maximum absolute atomic E-state index is 16.0. The minimum Gasteiger partial charge on any atom is -0.508 e. The van der Waals surface area contributed by atoms with Crippen LogP contribution < -0.4 is 24.6 Å². The lowest BCUT2D eigenvalue weighted by Crippen LogP contribution is -2.51. The number of nitrogens with zero attached hydrogens (tertiary/aromatic N) is 8. The van der Waals surface area contributed by atoms with Crippen molar-refractivity contribution in [3.8, 4) is 58.1 Å². The fourth-order valence-corrected chi connectivity index (χ4v) is 15.9. The Morgan fingerprint density at radius 3 is 2.12 bits per heavy atom. The first kappa shape index (κ1) is 52.1. The summed E-state index contributed by atoms with van der Waals surface area (Å²) < 4.78 is 35.2. The summed E-state index contributed by atoms with van der Waals surface area (Å²) in [5.41, 5.74) is 7.72. The van der Waals surface area contributed by atoms with E-state index in [1.165, 1.54) is 12.8 Å². The first-order valence-corrected chi connectivity index (χ1v) is 29.8. The van der Waals surface area contributed by atoms with Crippen molar-refractivity contribution >= 4 is 60.9 Å². The Morgan fingerprint density at radius 1 is 0.699 bits per heavy atom. The fraction of sp³-hybridized carbons (Fsp3) is 0.418. The number of hydrogen-bond donors (Lipinski definition) is 3. The van der Waals surface area contributed by atoms with E-state index in [-0.39, 0.29) is 61.1 Å². The zero-order valence-corrected chi connectivity index (χ0v) is 47.1. The highest BCUT2D eigenvalue weighted by molar-refractivity contribution is 6.08. The van der Waals surface area contributed by atoms with Crippen molar-refractivity contribution in [2.24, 2.45) is 0 Å². The second kappa shape index (κ2) is 20.3. The summed E-state index contributed by atoms with van der Waals surface area (Å²) in [6.45, 7) is 10.4. The van der Waals surface area contributed by atoms with Crippen molar-refractivity contribution < 1.29 is 33.6 Å². The molecule has 83 heavy (non-hydrogen) atoms. The molecule has 1 amide bonds. The van der Waals surface area contributed by atoms with Gasteiger partial charge in [0.15, 0.2) is 5.82 Å². The number of anilines is 2. The molecule has 0 spiro atoms. The van der Waals surface area contributed by atoms with Gasteiger partial charge < -0.3 is 34.6 Å². The summed E-state index contributed by atoms with van der Waals surface area (Å²) in [4.78, 5) is 43.3. The molecule has 3 unspecified atom stereocenters. The Hall–Kier alpha value is -7.68. The van der Waals surface area contributed by atoms with Gasteiger partial charge in [-0.3, -0.25) is 19.5 Å². The molecule has 9 heterocycles. The largest absolute Gasteiger partial charge is 0.508 e. The summed E-state index contributed by atoms with van der Waals surface area (Å²) in [5.74, 6) is 4.16. The summed E-state index contributed by atoms with van der Waals surface area (Å²) in [7, 11) is 0. The van der Waals surface area contributed by atoms with Crippen LogP contribution in [0.15, 0.2) is 84.9 Å². The third-order valence-electron chi connectivity index (χ3n) is 19.8. The van der Waals surface area contributed by atoms with E-state index < -0.39 is 11.7 Å². The van der Waals surface area contributed by atoms with Crippen LogP contribution in [-0.2, 0) is 9.53 Å². The highest BCUT2D eigenvalue weighted by atomic mass is 19.1. The van der Waals surface area contributed by atoms with Gasteiger partial charge in [-0.15, -0.1) is 6.42 Å². The smallest absolute Gasteiger partial charge is 0.319 e. The van der Waals surface area contributed by atoms with E-state index in [2.05, 4.69) is 63.2 Å². The number of piperazine rings is 1. The molecule has 2 aromatic heterocycles. The molecule has 6 aromatic carbocycles. The van der Waals surface area contributed by atoms with E-state index in [1.54, 1.807) is 17.0 Å². The average molecular weight is 1110 g/mol. The Labute approximate surface area is 481 Å². The minimum absolute atomic E-state index is 0.0285. The number of rotatable bonds is 11. The highest BCUT2D eigenvalue weighted by Gasteiger charge is 2.53. The second-order valence-electron chi connectivity index (χ2n) is 24.7. The summed E-state index contributed by atoms with van der Waals surface area (Å²) in [5, 5.41) is 31.8. The van der Waals surface area contributed by atoms with Crippen LogP contribution in [0.2, 0.25) is 0 Å². The molecule has 7 aliphatic rings. The highest BCUT2D eigenvalue weighted by Crippen LogP contribution is 2.50. The van der Waals surface area contributed by atoms with Crippen LogP contribution in [0.4, 0.5) is 16.0 Å². The van der Waals surface area contributed by atoms with Crippen LogP contribution in [-0.4, -0.2) is 147 Å². The number of phenols is 2. The van der Waals surface area contributed by atoms with Gasteiger partial charge in [-0.2, -0.15) is 19.9 Å². The second-order valence-corrected chi connectivity index (χ2v) is 24.7. The van der Waals surface area contributed by atoms with Crippen LogP contribution in [0.3, 0.4) is 0 Å². The van der Waals surface area contributed by atoms with Crippen LogP contribution in [0.25, 0.3) is 65.6 Å². The van der Waals surface area contributed by atoms with Crippen molar-refractivity contribution in [2.75, 3.05) is 82.0 Å². The molecule has 7 aliphatic heterocycles. The number of carbonyl (C=O) groups is 1. The van der Waals surface area contributed by atoms with Crippen LogP contribution in [0.5, 0.6) is 23.5 Å².